The molecule has 0 N–H and O–H groups in total. The maximum absolute atomic E-state index is 2.35. The van der Waals surface area contributed by atoms with Gasteiger partial charge in [0.1, 0.15) is 0 Å². The Bertz CT molecular complexity index is 790. The summed E-state index contributed by atoms with van der Waals surface area (Å²) in [4.78, 5) is 0. The smallest absolute Gasteiger partial charge is 0.0531 e. The molecule has 1 nitrogen and oxygen atoms in total. The predicted molar refractivity (Wildman–Crippen MR) is 102 cm³/mol. The Balaban J connectivity index is 1.67. The lowest BCUT2D eigenvalue weighted by Crippen LogP contribution is -2.04. The van der Waals surface area contributed by atoms with Crippen LogP contribution >= 0.6 is 0 Å². The molecular weight excluding hydrogens is 290 g/mol. The van der Waals surface area contributed by atoms with Gasteiger partial charge in [0.05, 0.1) is 5.69 Å². The van der Waals surface area contributed by atoms with Crippen LogP contribution in [0.2, 0.25) is 0 Å². The lowest BCUT2D eigenvalue weighted by molar-refractivity contribution is 0.443. The number of rotatable bonds is 3. The lowest BCUT2D eigenvalue weighted by atomic mass is 9.84. The van der Waals surface area contributed by atoms with E-state index in [1.165, 1.54) is 60.3 Å². The van der Waals surface area contributed by atoms with Crippen molar-refractivity contribution in [1.29, 1.82) is 0 Å². The molecule has 1 aromatic heterocycles. The van der Waals surface area contributed by atoms with Crippen molar-refractivity contribution in [2.45, 2.75) is 44.9 Å². The maximum atomic E-state index is 2.35. The average Bonchev–Trinajstić information content (AvgIpc) is 3.05. The zero-order chi connectivity index (χ0) is 16.4. The second-order valence-electron chi connectivity index (χ2n) is 6.99. The van der Waals surface area contributed by atoms with Gasteiger partial charge in [0, 0.05) is 11.4 Å². The summed E-state index contributed by atoms with van der Waals surface area (Å²) in [6.45, 7) is 2.17. The summed E-state index contributed by atoms with van der Waals surface area (Å²) in [5, 5.41) is 0. The molecule has 2 aromatic carbocycles. The van der Waals surface area contributed by atoms with Crippen LogP contribution in [0.25, 0.3) is 16.9 Å². The third kappa shape index (κ3) is 2.91. The van der Waals surface area contributed by atoms with Gasteiger partial charge >= 0.3 is 0 Å². The van der Waals surface area contributed by atoms with Crippen molar-refractivity contribution in [3.63, 3.8) is 0 Å². The highest BCUT2D eigenvalue weighted by Crippen LogP contribution is 2.34. The van der Waals surface area contributed by atoms with Gasteiger partial charge in [-0.05, 0) is 61.1 Å². The fourth-order valence-electron chi connectivity index (χ4n) is 4.05. The van der Waals surface area contributed by atoms with Gasteiger partial charge in [0.2, 0.25) is 0 Å². The number of hydrogen-bond acceptors (Lipinski definition) is 0. The first-order valence-corrected chi connectivity index (χ1v) is 9.17. The van der Waals surface area contributed by atoms with Crippen molar-refractivity contribution in [2.24, 2.45) is 0 Å². The van der Waals surface area contributed by atoms with Crippen LogP contribution in [0.3, 0.4) is 0 Å². The SMILES string of the molecule is Cc1ccc(-c2ccc(C3CCCCC3)cc2)n1-c1ccccc1. The van der Waals surface area contributed by atoms with Crippen molar-refractivity contribution < 1.29 is 0 Å². The van der Waals surface area contributed by atoms with E-state index in [4.69, 9.17) is 0 Å². The molecule has 3 aromatic rings. The molecule has 1 heteroatoms. The van der Waals surface area contributed by atoms with Gasteiger partial charge in [-0.25, -0.2) is 0 Å². The van der Waals surface area contributed by atoms with Crippen molar-refractivity contribution >= 4 is 0 Å². The Morgan fingerprint density at radius 3 is 2.17 bits per heavy atom. The van der Waals surface area contributed by atoms with Gasteiger partial charge in [0.15, 0.2) is 0 Å². The molecule has 1 fully saturated rings. The van der Waals surface area contributed by atoms with E-state index < -0.39 is 0 Å². The predicted octanol–water partition coefficient (Wildman–Crippen LogP) is 6.50. The van der Waals surface area contributed by atoms with E-state index in [0.717, 1.165) is 5.92 Å². The molecule has 0 unspecified atom stereocenters. The van der Waals surface area contributed by atoms with E-state index in [1.807, 2.05) is 0 Å². The first-order valence-electron chi connectivity index (χ1n) is 9.17. The van der Waals surface area contributed by atoms with Crippen LogP contribution in [0.5, 0.6) is 0 Å². The first-order chi connectivity index (χ1) is 11.8. The molecule has 24 heavy (non-hydrogen) atoms. The van der Waals surface area contributed by atoms with Gasteiger partial charge in [-0.2, -0.15) is 0 Å². The van der Waals surface area contributed by atoms with Gasteiger partial charge < -0.3 is 4.57 Å². The standard InChI is InChI=1S/C23H25N/c1-18-12-17-23(24(18)22-10-6-3-7-11-22)21-15-13-20(14-16-21)19-8-4-2-5-9-19/h3,6-7,10-17,19H,2,4-5,8-9H2,1H3. The average molecular weight is 315 g/mol. The highest BCUT2D eigenvalue weighted by Gasteiger charge is 2.16. The van der Waals surface area contributed by atoms with Crippen LogP contribution < -0.4 is 0 Å². The van der Waals surface area contributed by atoms with Gasteiger partial charge in [0.25, 0.3) is 0 Å². The third-order valence-electron chi connectivity index (χ3n) is 5.37. The Labute approximate surface area is 145 Å². The zero-order valence-corrected chi connectivity index (χ0v) is 14.4. The molecule has 4 rings (SSSR count). The summed E-state index contributed by atoms with van der Waals surface area (Å²) in [6, 6.07) is 24.4. The summed E-state index contributed by atoms with van der Waals surface area (Å²) in [6.07, 6.45) is 6.92. The number of aryl methyl sites for hydroxylation is 1. The second kappa shape index (κ2) is 6.68. The van der Waals surface area contributed by atoms with Crippen molar-refractivity contribution in [1.82, 2.24) is 4.57 Å². The lowest BCUT2D eigenvalue weighted by Gasteiger charge is -2.22. The summed E-state index contributed by atoms with van der Waals surface area (Å²) in [5.41, 5.74) is 6.59. The number of nitrogens with zero attached hydrogens (tertiary/aromatic N) is 1. The molecule has 0 aliphatic heterocycles. The minimum atomic E-state index is 0.774. The minimum Gasteiger partial charge on any atom is -0.314 e. The van der Waals surface area contributed by atoms with Crippen LogP contribution in [0, 0.1) is 6.92 Å². The maximum Gasteiger partial charge on any atom is 0.0531 e. The summed E-state index contributed by atoms with van der Waals surface area (Å²) in [5.74, 6) is 0.774. The molecule has 122 valence electrons. The fraction of sp³-hybridized carbons (Fsp3) is 0.304. The van der Waals surface area contributed by atoms with Crippen LogP contribution in [-0.4, -0.2) is 4.57 Å². The quantitative estimate of drug-likeness (QED) is 0.520. The van der Waals surface area contributed by atoms with Crippen LogP contribution in [0.4, 0.5) is 0 Å². The van der Waals surface area contributed by atoms with E-state index in [2.05, 4.69) is 78.2 Å². The van der Waals surface area contributed by atoms with Crippen molar-refractivity contribution in [3.05, 3.63) is 78.0 Å². The normalized spacial score (nSPS) is 15.5. The van der Waals surface area contributed by atoms with E-state index in [9.17, 15) is 0 Å². The third-order valence-corrected chi connectivity index (χ3v) is 5.37. The van der Waals surface area contributed by atoms with Crippen molar-refractivity contribution in [2.75, 3.05) is 0 Å². The first kappa shape index (κ1) is 15.3. The second-order valence-corrected chi connectivity index (χ2v) is 6.99. The molecule has 0 saturated heterocycles. The Morgan fingerprint density at radius 2 is 1.46 bits per heavy atom. The monoisotopic (exact) mass is 315 g/mol. The van der Waals surface area contributed by atoms with Gasteiger partial charge in [-0.15, -0.1) is 0 Å². The molecular formula is C23H25N. The van der Waals surface area contributed by atoms with Gasteiger partial charge in [-0.3, -0.25) is 0 Å². The van der Waals surface area contributed by atoms with E-state index >= 15 is 0 Å². The molecule has 0 atom stereocenters. The van der Waals surface area contributed by atoms with E-state index in [-0.39, 0.29) is 0 Å². The molecule has 0 amide bonds. The van der Waals surface area contributed by atoms with Crippen LogP contribution in [0.15, 0.2) is 66.7 Å². The largest absolute Gasteiger partial charge is 0.314 e. The van der Waals surface area contributed by atoms with E-state index in [1.54, 1.807) is 0 Å². The molecule has 1 aliphatic carbocycles. The minimum absolute atomic E-state index is 0.774. The molecule has 1 aliphatic rings. The number of benzene rings is 2. The van der Waals surface area contributed by atoms with E-state index in [0.29, 0.717) is 0 Å². The van der Waals surface area contributed by atoms with Gasteiger partial charge in [-0.1, -0.05) is 61.7 Å². The molecule has 0 spiro atoms. The fourth-order valence-corrected chi connectivity index (χ4v) is 4.05. The van der Waals surface area contributed by atoms with Crippen molar-refractivity contribution in [3.8, 4) is 16.9 Å². The molecule has 0 radical (unpaired) electrons. The number of hydrogen-bond donors (Lipinski definition) is 0. The highest BCUT2D eigenvalue weighted by molar-refractivity contribution is 5.64. The summed E-state index contributed by atoms with van der Waals surface area (Å²) < 4.78 is 2.34. The number of para-hydroxylation sites is 1. The molecule has 1 heterocycles. The molecule has 1 saturated carbocycles. The zero-order valence-electron chi connectivity index (χ0n) is 14.4. The van der Waals surface area contributed by atoms with Crippen LogP contribution in [-0.2, 0) is 0 Å². The highest BCUT2D eigenvalue weighted by atomic mass is 15.0. The number of aromatic nitrogens is 1. The summed E-state index contributed by atoms with van der Waals surface area (Å²) in [7, 11) is 0. The Morgan fingerprint density at radius 1 is 0.750 bits per heavy atom. The molecule has 0 bridgehead atoms. The topological polar surface area (TPSA) is 4.93 Å². The Kier molecular flexibility index (Phi) is 4.25. The van der Waals surface area contributed by atoms with Crippen LogP contribution in [0.1, 0.15) is 49.3 Å². The summed E-state index contributed by atoms with van der Waals surface area (Å²) >= 11 is 0. The Hall–Kier alpha value is -2.28.